The molecule has 1 heterocycles. The van der Waals surface area contributed by atoms with Crippen molar-refractivity contribution in [3.8, 4) is 0 Å². The molecule has 2 aromatic rings. The second kappa shape index (κ2) is 6.50. The molecule has 0 bridgehead atoms. The third kappa shape index (κ3) is 3.47. The Hall–Kier alpha value is -2.20. The third-order valence-corrected chi connectivity index (χ3v) is 3.54. The maximum Gasteiger partial charge on any atom is 0.259 e. The van der Waals surface area contributed by atoms with Crippen LogP contribution in [0.25, 0.3) is 0 Å². The maximum absolute atomic E-state index is 12.7. The molecule has 1 aromatic heterocycles. The molecular formula is C17H20N2O2. The zero-order chi connectivity index (χ0) is 15.3. The van der Waals surface area contributed by atoms with Gasteiger partial charge in [0.2, 0.25) is 0 Å². The van der Waals surface area contributed by atoms with Gasteiger partial charge in [-0.25, -0.2) is 0 Å². The van der Waals surface area contributed by atoms with Crippen LogP contribution < -0.4 is 0 Å². The molecule has 21 heavy (non-hydrogen) atoms. The molecule has 110 valence electrons. The molecule has 0 aliphatic carbocycles. The van der Waals surface area contributed by atoms with Gasteiger partial charge in [0.1, 0.15) is 0 Å². The molecule has 1 unspecified atom stereocenters. The minimum absolute atomic E-state index is 0.298. The summed E-state index contributed by atoms with van der Waals surface area (Å²) < 4.78 is 0. The fraction of sp³-hybridized carbons (Fsp3) is 0.294. The molecule has 0 aliphatic heterocycles. The zero-order valence-electron chi connectivity index (χ0n) is 12.4. The van der Waals surface area contributed by atoms with Gasteiger partial charge in [-0.1, -0.05) is 30.3 Å². The SMILES string of the molecule is CCN(Cc1ccncc1)C(=O)C(C)(O)c1ccccc1. The van der Waals surface area contributed by atoms with Crippen molar-refractivity contribution in [2.24, 2.45) is 0 Å². The summed E-state index contributed by atoms with van der Waals surface area (Å²) in [5.41, 5.74) is 0.0665. The molecule has 2 rings (SSSR count). The van der Waals surface area contributed by atoms with Crippen LogP contribution in [0.3, 0.4) is 0 Å². The number of hydrogen-bond acceptors (Lipinski definition) is 3. The van der Waals surface area contributed by atoms with Gasteiger partial charge in [-0.05, 0) is 37.1 Å². The summed E-state index contributed by atoms with van der Waals surface area (Å²) in [7, 11) is 0. The number of aliphatic hydroxyl groups is 1. The summed E-state index contributed by atoms with van der Waals surface area (Å²) in [4.78, 5) is 18.3. The maximum atomic E-state index is 12.7. The Labute approximate surface area is 125 Å². The van der Waals surface area contributed by atoms with Gasteiger partial charge in [-0.3, -0.25) is 9.78 Å². The van der Waals surface area contributed by atoms with Crippen LogP contribution in [0.1, 0.15) is 25.0 Å². The smallest absolute Gasteiger partial charge is 0.259 e. The van der Waals surface area contributed by atoms with E-state index in [1.54, 1.807) is 36.4 Å². The molecule has 0 aliphatic rings. The molecule has 0 saturated heterocycles. The van der Waals surface area contributed by atoms with E-state index in [2.05, 4.69) is 4.98 Å². The van der Waals surface area contributed by atoms with E-state index in [0.717, 1.165) is 5.56 Å². The van der Waals surface area contributed by atoms with Crippen molar-refractivity contribution in [2.75, 3.05) is 6.54 Å². The molecule has 1 atom stereocenters. The Morgan fingerprint density at radius 2 is 1.81 bits per heavy atom. The first kappa shape index (κ1) is 15.2. The van der Waals surface area contributed by atoms with Gasteiger partial charge in [0.25, 0.3) is 5.91 Å². The van der Waals surface area contributed by atoms with Crippen LogP contribution in [-0.4, -0.2) is 27.4 Å². The van der Waals surface area contributed by atoms with Crippen LogP contribution in [0.5, 0.6) is 0 Å². The van der Waals surface area contributed by atoms with Gasteiger partial charge in [-0.2, -0.15) is 0 Å². The summed E-state index contributed by atoms with van der Waals surface area (Å²) in [6.45, 7) is 4.44. The zero-order valence-corrected chi connectivity index (χ0v) is 12.4. The number of amides is 1. The average Bonchev–Trinajstić information content (AvgIpc) is 2.53. The average molecular weight is 284 g/mol. The van der Waals surface area contributed by atoms with Crippen molar-refractivity contribution in [3.05, 3.63) is 66.0 Å². The molecule has 0 fully saturated rings. The van der Waals surface area contributed by atoms with Crippen molar-refractivity contribution in [2.45, 2.75) is 26.0 Å². The first-order valence-corrected chi connectivity index (χ1v) is 7.02. The van der Waals surface area contributed by atoms with E-state index in [1.807, 2.05) is 37.3 Å². The van der Waals surface area contributed by atoms with Crippen molar-refractivity contribution >= 4 is 5.91 Å². The van der Waals surface area contributed by atoms with Crippen LogP contribution in [0, 0.1) is 0 Å². The highest BCUT2D eigenvalue weighted by molar-refractivity contribution is 5.85. The standard InChI is InChI=1S/C17H20N2O2/c1-3-19(13-14-9-11-18-12-10-14)16(20)17(2,21)15-7-5-4-6-8-15/h4-12,21H,3,13H2,1-2H3. The Morgan fingerprint density at radius 3 is 2.38 bits per heavy atom. The number of nitrogens with zero attached hydrogens (tertiary/aromatic N) is 2. The van der Waals surface area contributed by atoms with Crippen LogP contribution in [0.15, 0.2) is 54.9 Å². The highest BCUT2D eigenvalue weighted by atomic mass is 16.3. The number of likely N-dealkylation sites (N-methyl/N-ethyl adjacent to an activating group) is 1. The van der Waals surface area contributed by atoms with E-state index < -0.39 is 5.60 Å². The van der Waals surface area contributed by atoms with Gasteiger partial charge < -0.3 is 10.0 Å². The van der Waals surface area contributed by atoms with Crippen LogP contribution in [-0.2, 0) is 16.9 Å². The number of carbonyl (C=O) groups excluding carboxylic acids is 1. The summed E-state index contributed by atoms with van der Waals surface area (Å²) in [5, 5.41) is 10.6. The topological polar surface area (TPSA) is 53.4 Å². The van der Waals surface area contributed by atoms with E-state index >= 15 is 0 Å². The predicted molar refractivity (Wildman–Crippen MR) is 81.3 cm³/mol. The van der Waals surface area contributed by atoms with Gasteiger partial charge >= 0.3 is 0 Å². The van der Waals surface area contributed by atoms with Gasteiger partial charge in [0.15, 0.2) is 5.60 Å². The number of hydrogen-bond donors (Lipinski definition) is 1. The fourth-order valence-corrected chi connectivity index (χ4v) is 2.23. The minimum Gasteiger partial charge on any atom is -0.376 e. The van der Waals surface area contributed by atoms with E-state index in [-0.39, 0.29) is 5.91 Å². The lowest BCUT2D eigenvalue weighted by Gasteiger charge is -2.30. The number of aromatic nitrogens is 1. The lowest BCUT2D eigenvalue weighted by atomic mass is 9.94. The third-order valence-electron chi connectivity index (χ3n) is 3.54. The molecule has 0 radical (unpaired) electrons. The molecule has 1 aromatic carbocycles. The van der Waals surface area contributed by atoms with Crippen molar-refractivity contribution in [3.63, 3.8) is 0 Å². The summed E-state index contributed by atoms with van der Waals surface area (Å²) >= 11 is 0. The van der Waals surface area contributed by atoms with Crippen LogP contribution in [0.2, 0.25) is 0 Å². The predicted octanol–water partition coefficient (Wildman–Crippen LogP) is 2.34. The molecule has 0 spiro atoms. The largest absolute Gasteiger partial charge is 0.376 e. The van der Waals surface area contributed by atoms with E-state index in [9.17, 15) is 9.90 Å². The van der Waals surface area contributed by atoms with Gasteiger partial charge in [0, 0.05) is 25.5 Å². The molecule has 0 saturated carbocycles. The van der Waals surface area contributed by atoms with Crippen LogP contribution >= 0.6 is 0 Å². The lowest BCUT2D eigenvalue weighted by molar-refractivity contribution is -0.151. The second-order valence-corrected chi connectivity index (χ2v) is 5.11. The molecule has 4 heteroatoms. The summed E-state index contributed by atoms with van der Waals surface area (Å²) in [6, 6.07) is 12.8. The molecule has 1 amide bonds. The van der Waals surface area contributed by atoms with Crippen molar-refractivity contribution < 1.29 is 9.90 Å². The van der Waals surface area contributed by atoms with E-state index in [4.69, 9.17) is 0 Å². The second-order valence-electron chi connectivity index (χ2n) is 5.11. The fourth-order valence-electron chi connectivity index (χ4n) is 2.23. The summed E-state index contributed by atoms with van der Waals surface area (Å²) in [5.74, 6) is -0.298. The Kier molecular flexibility index (Phi) is 4.70. The Bertz CT molecular complexity index is 582. The first-order chi connectivity index (χ1) is 10.1. The highest BCUT2D eigenvalue weighted by Crippen LogP contribution is 2.23. The van der Waals surface area contributed by atoms with E-state index in [0.29, 0.717) is 18.7 Å². The van der Waals surface area contributed by atoms with Crippen LogP contribution in [0.4, 0.5) is 0 Å². The summed E-state index contributed by atoms with van der Waals surface area (Å²) in [6.07, 6.45) is 3.39. The van der Waals surface area contributed by atoms with Crippen molar-refractivity contribution in [1.82, 2.24) is 9.88 Å². The lowest BCUT2D eigenvalue weighted by Crippen LogP contribution is -2.44. The highest BCUT2D eigenvalue weighted by Gasteiger charge is 2.35. The first-order valence-electron chi connectivity index (χ1n) is 7.02. The minimum atomic E-state index is -1.52. The van der Waals surface area contributed by atoms with Crippen molar-refractivity contribution in [1.29, 1.82) is 0 Å². The number of pyridine rings is 1. The molecule has 4 nitrogen and oxygen atoms in total. The quantitative estimate of drug-likeness (QED) is 0.917. The molecular weight excluding hydrogens is 264 g/mol. The number of rotatable bonds is 5. The normalized spacial score (nSPS) is 13.5. The monoisotopic (exact) mass is 284 g/mol. The Balaban J connectivity index is 2.20. The molecule has 1 N–H and O–H groups in total. The Morgan fingerprint density at radius 1 is 1.19 bits per heavy atom. The van der Waals surface area contributed by atoms with E-state index in [1.165, 1.54) is 0 Å². The van der Waals surface area contributed by atoms with Gasteiger partial charge in [-0.15, -0.1) is 0 Å². The van der Waals surface area contributed by atoms with Gasteiger partial charge in [0.05, 0.1) is 0 Å². The number of benzene rings is 1. The number of carbonyl (C=O) groups is 1.